The second-order valence-corrected chi connectivity index (χ2v) is 6.83. The molecule has 1 aromatic heterocycles. The van der Waals surface area contributed by atoms with Crippen molar-refractivity contribution in [1.29, 1.82) is 0 Å². The van der Waals surface area contributed by atoms with E-state index in [0.717, 1.165) is 5.56 Å². The van der Waals surface area contributed by atoms with Gasteiger partial charge in [-0.1, -0.05) is 26.0 Å². The van der Waals surface area contributed by atoms with Crippen LogP contribution in [0.2, 0.25) is 0 Å². The molecular weight excluding hydrogens is 331 g/mol. The van der Waals surface area contributed by atoms with Crippen molar-refractivity contribution in [2.45, 2.75) is 18.7 Å². The summed E-state index contributed by atoms with van der Waals surface area (Å²) in [5.41, 5.74) is 3.43. The van der Waals surface area contributed by atoms with E-state index in [2.05, 4.69) is 15.5 Å². The number of hydrazone groups is 1. The Bertz CT molecular complexity index is 786. The molecule has 128 valence electrons. The SMILES string of the molecule is CCN(CC)S(=O)(=O)c1ccc(NN=Cc2ccc(F)cc2)nc1. The minimum absolute atomic E-state index is 0.138. The summed E-state index contributed by atoms with van der Waals surface area (Å²) in [6.07, 6.45) is 2.81. The van der Waals surface area contributed by atoms with E-state index in [1.807, 2.05) is 0 Å². The Balaban J connectivity index is 2.05. The van der Waals surface area contributed by atoms with Crippen molar-refractivity contribution >= 4 is 22.1 Å². The number of aromatic nitrogens is 1. The third-order valence-corrected chi connectivity index (χ3v) is 5.38. The first-order chi connectivity index (χ1) is 11.5. The first kappa shape index (κ1) is 18.0. The lowest BCUT2D eigenvalue weighted by atomic mass is 10.2. The van der Waals surface area contributed by atoms with Crippen LogP contribution in [0.1, 0.15) is 19.4 Å². The third-order valence-electron chi connectivity index (χ3n) is 3.34. The van der Waals surface area contributed by atoms with Gasteiger partial charge in [-0.2, -0.15) is 9.41 Å². The largest absolute Gasteiger partial charge is 0.261 e. The van der Waals surface area contributed by atoms with E-state index in [0.29, 0.717) is 18.9 Å². The molecule has 8 heteroatoms. The monoisotopic (exact) mass is 350 g/mol. The number of anilines is 1. The van der Waals surface area contributed by atoms with Crippen molar-refractivity contribution in [3.8, 4) is 0 Å². The number of nitrogens with one attached hydrogen (secondary N) is 1. The smallest absolute Gasteiger partial charge is 0.244 e. The molecule has 0 spiro atoms. The van der Waals surface area contributed by atoms with Crippen molar-refractivity contribution in [2.24, 2.45) is 5.10 Å². The van der Waals surface area contributed by atoms with Gasteiger partial charge < -0.3 is 0 Å². The predicted molar refractivity (Wildman–Crippen MR) is 92.0 cm³/mol. The number of hydrogen-bond acceptors (Lipinski definition) is 5. The first-order valence-corrected chi connectivity index (χ1v) is 8.92. The van der Waals surface area contributed by atoms with Gasteiger partial charge in [-0.05, 0) is 29.8 Å². The van der Waals surface area contributed by atoms with Crippen LogP contribution in [0, 0.1) is 5.82 Å². The normalized spacial score (nSPS) is 12.0. The second-order valence-electron chi connectivity index (χ2n) is 4.89. The quantitative estimate of drug-likeness (QED) is 0.615. The van der Waals surface area contributed by atoms with Crippen LogP contribution in [0.25, 0.3) is 0 Å². The van der Waals surface area contributed by atoms with Gasteiger partial charge in [0.1, 0.15) is 16.5 Å². The fourth-order valence-corrected chi connectivity index (χ4v) is 3.44. The molecule has 0 saturated heterocycles. The zero-order valence-electron chi connectivity index (χ0n) is 13.5. The average molecular weight is 350 g/mol. The molecule has 24 heavy (non-hydrogen) atoms. The number of benzene rings is 1. The highest BCUT2D eigenvalue weighted by molar-refractivity contribution is 7.89. The summed E-state index contributed by atoms with van der Waals surface area (Å²) in [5, 5.41) is 3.98. The molecule has 6 nitrogen and oxygen atoms in total. The highest BCUT2D eigenvalue weighted by Gasteiger charge is 2.21. The number of hydrogen-bond donors (Lipinski definition) is 1. The molecule has 0 atom stereocenters. The maximum Gasteiger partial charge on any atom is 0.244 e. The van der Waals surface area contributed by atoms with E-state index < -0.39 is 10.0 Å². The van der Waals surface area contributed by atoms with Crippen molar-refractivity contribution < 1.29 is 12.8 Å². The van der Waals surface area contributed by atoms with Gasteiger partial charge in [0, 0.05) is 19.3 Å². The van der Waals surface area contributed by atoms with Crippen molar-refractivity contribution in [3.05, 3.63) is 54.0 Å². The lowest BCUT2D eigenvalue weighted by Crippen LogP contribution is -2.30. The minimum atomic E-state index is -3.52. The number of pyridine rings is 1. The maximum absolute atomic E-state index is 12.8. The van der Waals surface area contributed by atoms with E-state index in [1.165, 1.54) is 34.9 Å². The summed E-state index contributed by atoms with van der Waals surface area (Å²) in [4.78, 5) is 4.19. The summed E-state index contributed by atoms with van der Waals surface area (Å²) in [5.74, 6) is 0.0960. The molecule has 0 fully saturated rings. The molecule has 2 rings (SSSR count). The molecule has 0 amide bonds. The summed E-state index contributed by atoms with van der Waals surface area (Å²) in [7, 11) is -3.52. The van der Waals surface area contributed by atoms with Gasteiger partial charge in [0.2, 0.25) is 10.0 Å². The van der Waals surface area contributed by atoms with Gasteiger partial charge in [-0.25, -0.2) is 17.8 Å². The lowest BCUT2D eigenvalue weighted by molar-refractivity contribution is 0.445. The zero-order valence-corrected chi connectivity index (χ0v) is 14.3. The summed E-state index contributed by atoms with van der Waals surface area (Å²) in [6.45, 7) is 4.38. The van der Waals surface area contributed by atoms with Crippen molar-refractivity contribution in [2.75, 3.05) is 18.5 Å². The Labute approximate surface area is 141 Å². The van der Waals surface area contributed by atoms with Crippen LogP contribution in [0.4, 0.5) is 10.2 Å². The molecule has 0 aliphatic heterocycles. The Morgan fingerprint density at radius 3 is 2.38 bits per heavy atom. The third kappa shape index (κ3) is 4.36. The van der Waals surface area contributed by atoms with Gasteiger partial charge in [0.05, 0.1) is 6.21 Å². The van der Waals surface area contributed by atoms with Gasteiger partial charge in [0.25, 0.3) is 0 Å². The van der Waals surface area contributed by atoms with E-state index in [1.54, 1.807) is 32.0 Å². The minimum Gasteiger partial charge on any atom is -0.261 e. The topological polar surface area (TPSA) is 74.7 Å². The van der Waals surface area contributed by atoms with Crippen LogP contribution in [0.5, 0.6) is 0 Å². The van der Waals surface area contributed by atoms with Crippen molar-refractivity contribution in [3.63, 3.8) is 0 Å². The summed E-state index contributed by atoms with van der Waals surface area (Å²) in [6, 6.07) is 8.88. The van der Waals surface area contributed by atoms with Gasteiger partial charge >= 0.3 is 0 Å². The highest BCUT2D eigenvalue weighted by Crippen LogP contribution is 2.16. The van der Waals surface area contributed by atoms with Gasteiger partial charge in [0.15, 0.2) is 0 Å². The van der Waals surface area contributed by atoms with Gasteiger partial charge in [-0.3, -0.25) is 5.43 Å². The van der Waals surface area contributed by atoms with Gasteiger partial charge in [-0.15, -0.1) is 0 Å². The van der Waals surface area contributed by atoms with E-state index in [9.17, 15) is 12.8 Å². The average Bonchev–Trinajstić information content (AvgIpc) is 2.58. The standard InChI is InChI=1S/C16H19FN4O2S/c1-3-21(4-2)24(22,23)15-9-10-16(18-12-15)20-19-11-13-5-7-14(17)8-6-13/h5-12H,3-4H2,1-2H3,(H,18,20). The number of sulfonamides is 1. The number of halogens is 1. The van der Waals surface area contributed by atoms with E-state index >= 15 is 0 Å². The highest BCUT2D eigenvalue weighted by atomic mass is 32.2. The molecule has 1 N–H and O–H groups in total. The number of rotatable bonds is 7. The van der Waals surface area contributed by atoms with E-state index in [4.69, 9.17) is 0 Å². The molecule has 0 unspecified atom stereocenters. The van der Waals surface area contributed by atoms with Crippen LogP contribution in [0.15, 0.2) is 52.6 Å². The molecule has 0 radical (unpaired) electrons. The van der Waals surface area contributed by atoms with Crippen LogP contribution >= 0.6 is 0 Å². The Hall–Kier alpha value is -2.32. The predicted octanol–water partition coefficient (Wildman–Crippen LogP) is 2.70. The Morgan fingerprint density at radius 1 is 1.17 bits per heavy atom. The molecule has 1 aromatic carbocycles. The molecule has 0 aliphatic carbocycles. The molecule has 2 aromatic rings. The second kappa shape index (κ2) is 7.98. The van der Waals surface area contributed by atoms with Crippen LogP contribution < -0.4 is 5.43 Å². The Kier molecular flexibility index (Phi) is 5.99. The van der Waals surface area contributed by atoms with Crippen LogP contribution in [0.3, 0.4) is 0 Å². The van der Waals surface area contributed by atoms with Crippen molar-refractivity contribution in [1.82, 2.24) is 9.29 Å². The molecular formula is C16H19FN4O2S. The maximum atomic E-state index is 12.8. The molecule has 0 aliphatic rings. The summed E-state index contributed by atoms with van der Waals surface area (Å²) >= 11 is 0. The first-order valence-electron chi connectivity index (χ1n) is 7.48. The molecule has 0 bridgehead atoms. The fourth-order valence-electron chi connectivity index (χ4n) is 2.03. The van der Waals surface area contributed by atoms with Crippen LogP contribution in [-0.2, 0) is 10.0 Å². The lowest BCUT2D eigenvalue weighted by Gasteiger charge is -2.18. The molecule has 1 heterocycles. The number of nitrogens with zero attached hydrogens (tertiary/aromatic N) is 3. The van der Waals surface area contributed by atoms with E-state index in [-0.39, 0.29) is 10.7 Å². The van der Waals surface area contributed by atoms with Crippen LogP contribution in [-0.4, -0.2) is 37.0 Å². The Morgan fingerprint density at radius 2 is 1.83 bits per heavy atom. The fraction of sp³-hybridized carbons (Fsp3) is 0.250. The zero-order chi connectivity index (χ0) is 17.6. The molecule has 0 saturated carbocycles. The summed E-state index contributed by atoms with van der Waals surface area (Å²) < 4.78 is 38.8.